The molecular weight excluding hydrogens is 456 g/mol. The van der Waals surface area contributed by atoms with Crippen LogP contribution in [0.5, 0.6) is 0 Å². The molecule has 5 rings (SSSR count). The highest BCUT2D eigenvalue weighted by Crippen LogP contribution is 2.29. The SMILES string of the molecule is C=CCn1c(Cc2csc(NC(=O)c3ccc4noc(-c5ccccc5)c4c3)n2)n[nH]c1=S. The van der Waals surface area contributed by atoms with Crippen LogP contribution < -0.4 is 5.32 Å². The molecule has 5 aromatic rings. The van der Waals surface area contributed by atoms with Crippen LogP contribution in [0.1, 0.15) is 21.9 Å². The fourth-order valence-corrected chi connectivity index (χ4v) is 4.39. The Labute approximate surface area is 197 Å². The Bertz CT molecular complexity index is 1510. The van der Waals surface area contributed by atoms with E-state index in [9.17, 15) is 4.79 Å². The van der Waals surface area contributed by atoms with Gasteiger partial charge in [-0.2, -0.15) is 5.10 Å². The van der Waals surface area contributed by atoms with Crippen molar-refractivity contribution < 1.29 is 9.32 Å². The number of amides is 1. The third-order valence-electron chi connectivity index (χ3n) is 5.04. The number of carbonyl (C=O) groups is 1. The van der Waals surface area contributed by atoms with Crippen LogP contribution in [0.15, 0.2) is 71.1 Å². The van der Waals surface area contributed by atoms with Gasteiger partial charge in [-0.3, -0.25) is 19.8 Å². The van der Waals surface area contributed by atoms with E-state index in [2.05, 4.69) is 32.2 Å². The summed E-state index contributed by atoms with van der Waals surface area (Å²) in [6, 6.07) is 14.9. The summed E-state index contributed by atoms with van der Waals surface area (Å²) in [5.41, 5.74) is 2.87. The Hall–Kier alpha value is -3.89. The van der Waals surface area contributed by atoms with Gasteiger partial charge in [0.05, 0.1) is 17.5 Å². The number of benzene rings is 2. The minimum atomic E-state index is -0.257. The number of nitrogens with zero attached hydrogens (tertiary/aromatic N) is 4. The second kappa shape index (κ2) is 8.93. The Kier molecular flexibility index (Phi) is 5.68. The highest BCUT2D eigenvalue weighted by atomic mass is 32.1. The standard InChI is InChI=1S/C23H18N6O2S2/c1-2-10-29-19(26-27-23(29)32)12-16-13-33-22(24-16)25-21(30)15-8-9-18-17(11-15)20(31-28-18)14-6-4-3-5-7-14/h2-9,11,13H,1,10,12H2,(H,27,32)(H,24,25,30). The lowest BCUT2D eigenvalue weighted by Gasteiger charge is -2.03. The molecule has 0 fully saturated rings. The largest absolute Gasteiger partial charge is 0.355 e. The number of aromatic amines is 1. The molecule has 10 heteroatoms. The highest BCUT2D eigenvalue weighted by Gasteiger charge is 2.16. The second-order valence-electron chi connectivity index (χ2n) is 7.23. The molecule has 0 bridgehead atoms. The fourth-order valence-electron chi connectivity index (χ4n) is 3.46. The molecule has 0 atom stereocenters. The molecule has 0 saturated carbocycles. The molecule has 8 nitrogen and oxygen atoms in total. The molecule has 0 aliphatic rings. The number of fused-ring (bicyclic) bond motifs is 1. The van der Waals surface area contributed by atoms with Gasteiger partial charge < -0.3 is 4.52 Å². The van der Waals surface area contributed by atoms with Crippen molar-refractivity contribution in [1.82, 2.24) is 24.9 Å². The van der Waals surface area contributed by atoms with Crippen molar-refractivity contribution >= 4 is 45.5 Å². The van der Waals surface area contributed by atoms with E-state index in [1.165, 1.54) is 11.3 Å². The quantitative estimate of drug-likeness (QED) is 0.247. The van der Waals surface area contributed by atoms with Crippen LogP contribution in [0, 0.1) is 4.77 Å². The summed E-state index contributed by atoms with van der Waals surface area (Å²) in [6.07, 6.45) is 2.25. The number of carbonyl (C=O) groups excluding carboxylic acids is 1. The first-order chi connectivity index (χ1) is 16.1. The van der Waals surface area contributed by atoms with Gasteiger partial charge in [0.15, 0.2) is 15.7 Å². The lowest BCUT2D eigenvalue weighted by Crippen LogP contribution is -2.11. The van der Waals surface area contributed by atoms with E-state index in [1.54, 1.807) is 24.3 Å². The summed E-state index contributed by atoms with van der Waals surface area (Å²) in [5.74, 6) is 1.13. The zero-order chi connectivity index (χ0) is 22.8. The van der Waals surface area contributed by atoms with Crippen LogP contribution in [-0.2, 0) is 13.0 Å². The predicted molar refractivity (Wildman–Crippen MR) is 130 cm³/mol. The van der Waals surface area contributed by atoms with Gasteiger partial charge in [-0.1, -0.05) is 41.6 Å². The smallest absolute Gasteiger partial charge is 0.257 e. The van der Waals surface area contributed by atoms with Gasteiger partial charge in [-0.05, 0) is 30.4 Å². The van der Waals surface area contributed by atoms with Gasteiger partial charge in [-0.15, -0.1) is 17.9 Å². The van der Waals surface area contributed by atoms with E-state index in [1.807, 2.05) is 40.3 Å². The number of rotatable bonds is 7. The van der Waals surface area contributed by atoms with Crippen molar-refractivity contribution in [2.45, 2.75) is 13.0 Å². The zero-order valence-corrected chi connectivity index (χ0v) is 18.9. The van der Waals surface area contributed by atoms with Crippen molar-refractivity contribution in [2.75, 3.05) is 5.32 Å². The molecule has 164 valence electrons. The molecule has 1 amide bonds. The Balaban J connectivity index is 1.35. The van der Waals surface area contributed by atoms with Gasteiger partial charge in [0, 0.05) is 23.1 Å². The number of thiazole rings is 1. The molecule has 3 heterocycles. The van der Waals surface area contributed by atoms with E-state index in [0.29, 0.717) is 39.7 Å². The molecular formula is C23H18N6O2S2. The molecule has 33 heavy (non-hydrogen) atoms. The van der Waals surface area contributed by atoms with Crippen LogP contribution in [0.3, 0.4) is 0 Å². The molecule has 0 unspecified atom stereocenters. The summed E-state index contributed by atoms with van der Waals surface area (Å²) < 4.78 is 7.92. The van der Waals surface area contributed by atoms with Crippen LogP contribution in [-0.4, -0.2) is 30.8 Å². The van der Waals surface area contributed by atoms with E-state index in [-0.39, 0.29) is 5.91 Å². The average Bonchev–Trinajstić information content (AvgIpc) is 3.55. The van der Waals surface area contributed by atoms with Crippen molar-refractivity contribution in [3.8, 4) is 11.3 Å². The number of hydrogen-bond donors (Lipinski definition) is 2. The maximum absolute atomic E-state index is 12.9. The number of H-pyrrole nitrogens is 1. The van der Waals surface area contributed by atoms with Crippen LogP contribution in [0.25, 0.3) is 22.2 Å². The first kappa shape index (κ1) is 21.0. The molecule has 3 aromatic heterocycles. The topological polar surface area (TPSA) is 102 Å². The maximum Gasteiger partial charge on any atom is 0.257 e. The first-order valence-electron chi connectivity index (χ1n) is 10.1. The Morgan fingerprint density at radius 2 is 2.12 bits per heavy atom. The van der Waals surface area contributed by atoms with E-state index in [0.717, 1.165) is 22.5 Å². The van der Waals surface area contributed by atoms with Crippen LogP contribution >= 0.6 is 23.6 Å². The Morgan fingerprint density at radius 1 is 1.27 bits per heavy atom. The van der Waals surface area contributed by atoms with Crippen molar-refractivity contribution in [1.29, 1.82) is 0 Å². The summed E-state index contributed by atoms with van der Waals surface area (Å²) in [6.45, 7) is 4.31. The molecule has 2 N–H and O–H groups in total. The third-order valence-corrected chi connectivity index (χ3v) is 6.15. The van der Waals surface area contributed by atoms with Crippen molar-refractivity contribution in [3.05, 3.63) is 88.4 Å². The number of anilines is 1. The molecule has 2 aromatic carbocycles. The molecule has 0 spiro atoms. The lowest BCUT2D eigenvalue weighted by molar-refractivity contribution is 0.102. The predicted octanol–water partition coefficient (Wildman–Crippen LogP) is 5.23. The summed E-state index contributed by atoms with van der Waals surface area (Å²) in [4.78, 5) is 17.4. The molecule has 0 saturated heterocycles. The molecule has 0 radical (unpaired) electrons. The van der Waals surface area contributed by atoms with Gasteiger partial charge >= 0.3 is 0 Å². The summed E-state index contributed by atoms with van der Waals surface area (Å²) in [7, 11) is 0. The third kappa shape index (κ3) is 4.26. The molecule has 0 aliphatic carbocycles. The van der Waals surface area contributed by atoms with Crippen LogP contribution in [0.4, 0.5) is 5.13 Å². The van der Waals surface area contributed by atoms with E-state index in [4.69, 9.17) is 16.7 Å². The van der Waals surface area contributed by atoms with Gasteiger partial charge in [0.2, 0.25) is 0 Å². The van der Waals surface area contributed by atoms with Crippen molar-refractivity contribution in [2.24, 2.45) is 0 Å². The number of allylic oxidation sites excluding steroid dienone is 1. The highest BCUT2D eigenvalue weighted by molar-refractivity contribution is 7.71. The van der Waals surface area contributed by atoms with Gasteiger partial charge in [-0.25, -0.2) is 4.98 Å². The fraction of sp³-hybridized carbons (Fsp3) is 0.0870. The first-order valence-corrected chi connectivity index (χ1v) is 11.4. The van der Waals surface area contributed by atoms with E-state index >= 15 is 0 Å². The number of hydrogen-bond acceptors (Lipinski definition) is 7. The minimum absolute atomic E-state index is 0.257. The molecule has 0 aliphatic heterocycles. The minimum Gasteiger partial charge on any atom is -0.355 e. The normalized spacial score (nSPS) is 11.0. The van der Waals surface area contributed by atoms with Crippen molar-refractivity contribution in [3.63, 3.8) is 0 Å². The number of nitrogens with one attached hydrogen (secondary N) is 2. The van der Waals surface area contributed by atoms with Gasteiger partial charge in [0.25, 0.3) is 5.91 Å². The van der Waals surface area contributed by atoms with Gasteiger partial charge in [0.1, 0.15) is 11.3 Å². The Morgan fingerprint density at radius 3 is 2.94 bits per heavy atom. The maximum atomic E-state index is 12.9. The summed E-state index contributed by atoms with van der Waals surface area (Å²) in [5, 5.41) is 17.2. The number of aromatic nitrogens is 5. The van der Waals surface area contributed by atoms with Crippen LogP contribution in [0.2, 0.25) is 0 Å². The zero-order valence-electron chi connectivity index (χ0n) is 17.3. The summed E-state index contributed by atoms with van der Waals surface area (Å²) >= 11 is 6.61. The average molecular weight is 475 g/mol. The van der Waals surface area contributed by atoms with E-state index < -0.39 is 0 Å². The lowest BCUT2D eigenvalue weighted by atomic mass is 10.1. The monoisotopic (exact) mass is 474 g/mol. The second-order valence-corrected chi connectivity index (χ2v) is 8.47.